The third-order valence-electron chi connectivity index (χ3n) is 2.80. The first kappa shape index (κ1) is 30.0. The molecule has 0 saturated heterocycles. The standard InChI is InChI=1S/C15H32O9.C3H4O2/c1-18-15(17)14-24-13-12-23-11-10-22-9-8-21-7-6-20-5-4-19-3-2-16;1-2-3(4)5/h15-17H,2-14H2,1H3;2H,1H2,(H,4,5). The lowest BCUT2D eigenvalue weighted by molar-refractivity contribution is -0.131. The number of ether oxygens (including phenoxy) is 7. The van der Waals surface area contributed by atoms with Crippen LogP contribution in [0.5, 0.6) is 0 Å². The summed E-state index contributed by atoms with van der Waals surface area (Å²) >= 11 is 0. The van der Waals surface area contributed by atoms with Crippen molar-refractivity contribution in [1.82, 2.24) is 0 Å². The molecule has 11 heteroatoms. The summed E-state index contributed by atoms with van der Waals surface area (Å²) in [4.78, 5) is 9.25. The molecular formula is C18H36O11. The predicted octanol–water partition coefficient (Wildman–Crippen LogP) is -0.700. The number of aliphatic hydroxyl groups excluding tert-OH is 2. The minimum Gasteiger partial charge on any atom is -0.478 e. The molecular weight excluding hydrogens is 392 g/mol. The molecule has 1 unspecified atom stereocenters. The van der Waals surface area contributed by atoms with Crippen molar-refractivity contribution >= 4 is 5.97 Å². The highest BCUT2D eigenvalue weighted by Gasteiger charge is 2.00. The molecule has 0 bridgehead atoms. The van der Waals surface area contributed by atoms with Crippen LogP contribution in [0.2, 0.25) is 0 Å². The normalized spacial score (nSPS) is 11.6. The van der Waals surface area contributed by atoms with Gasteiger partial charge in [-0.25, -0.2) is 4.79 Å². The highest BCUT2D eigenvalue weighted by Crippen LogP contribution is 1.87. The van der Waals surface area contributed by atoms with Crippen molar-refractivity contribution in [2.24, 2.45) is 0 Å². The van der Waals surface area contributed by atoms with Crippen LogP contribution < -0.4 is 0 Å². The molecule has 0 aromatic rings. The van der Waals surface area contributed by atoms with Gasteiger partial charge in [-0.15, -0.1) is 0 Å². The number of rotatable bonds is 21. The Morgan fingerprint density at radius 3 is 1.38 bits per heavy atom. The van der Waals surface area contributed by atoms with Crippen LogP contribution in [-0.2, 0) is 38.0 Å². The van der Waals surface area contributed by atoms with E-state index in [0.717, 1.165) is 6.08 Å². The van der Waals surface area contributed by atoms with Gasteiger partial charge in [0.1, 0.15) is 0 Å². The highest BCUT2D eigenvalue weighted by atomic mass is 16.6. The lowest BCUT2D eigenvalue weighted by Crippen LogP contribution is -2.19. The van der Waals surface area contributed by atoms with E-state index in [2.05, 4.69) is 11.3 Å². The Labute approximate surface area is 172 Å². The van der Waals surface area contributed by atoms with E-state index < -0.39 is 12.3 Å². The summed E-state index contributed by atoms with van der Waals surface area (Å²) in [7, 11) is 1.41. The zero-order valence-corrected chi connectivity index (χ0v) is 17.2. The second-order valence-corrected chi connectivity index (χ2v) is 5.09. The first-order valence-corrected chi connectivity index (χ1v) is 9.22. The topological polar surface area (TPSA) is 142 Å². The molecule has 3 N–H and O–H groups in total. The van der Waals surface area contributed by atoms with Crippen LogP contribution >= 0.6 is 0 Å². The van der Waals surface area contributed by atoms with Gasteiger partial charge in [-0.2, -0.15) is 0 Å². The second kappa shape index (κ2) is 26.9. The molecule has 29 heavy (non-hydrogen) atoms. The van der Waals surface area contributed by atoms with Crippen molar-refractivity contribution in [3.63, 3.8) is 0 Å². The van der Waals surface area contributed by atoms with E-state index in [9.17, 15) is 4.79 Å². The zero-order chi connectivity index (χ0) is 22.0. The highest BCUT2D eigenvalue weighted by molar-refractivity contribution is 5.78. The van der Waals surface area contributed by atoms with Gasteiger partial charge >= 0.3 is 5.97 Å². The Balaban J connectivity index is 0. The lowest BCUT2D eigenvalue weighted by Gasteiger charge is -2.09. The van der Waals surface area contributed by atoms with Crippen molar-refractivity contribution in [3.8, 4) is 0 Å². The summed E-state index contributed by atoms with van der Waals surface area (Å²) in [6.07, 6.45) is -0.0571. The number of carboxylic acids is 1. The number of hydrogen-bond acceptors (Lipinski definition) is 10. The van der Waals surface area contributed by atoms with Crippen molar-refractivity contribution in [1.29, 1.82) is 0 Å². The lowest BCUT2D eigenvalue weighted by atomic mass is 10.6. The average molecular weight is 428 g/mol. The SMILES string of the molecule is C=CC(=O)O.COC(O)COCCOCCOCCOCCOCCOCCO. The fraction of sp³-hybridized carbons (Fsp3) is 0.833. The van der Waals surface area contributed by atoms with Crippen LogP contribution in [-0.4, -0.2) is 121 Å². The number of carbonyl (C=O) groups is 1. The maximum absolute atomic E-state index is 9.25. The van der Waals surface area contributed by atoms with Gasteiger partial charge in [-0.1, -0.05) is 6.58 Å². The van der Waals surface area contributed by atoms with Crippen LogP contribution in [0.25, 0.3) is 0 Å². The van der Waals surface area contributed by atoms with Crippen molar-refractivity contribution in [2.45, 2.75) is 6.29 Å². The van der Waals surface area contributed by atoms with Crippen LogP contribution in [0.1, 0.15) is 0 Å². The van der Waals surface area contributed by atoms with Crippen LogP contribution in [0.3, 0.4) is 0 Å². The van der Waals surface area contributed by atoms with Gasteiger partial charge in [-0.3, -0.25) is 0 Å². The molecule has 0 rings (SSSR count). The fourth-order valence-corrected chi connectivity index (χ4v) is 1.42. The van der Waals surface area contributed by atoms with E-state index in [1.807, 2.05) is 0 Å². The van der Waals surface area contributed by atoms with E-state index in [-0.39, 0.29) is 13.2 Å². The van der Waals surface area contributed by atoms with Gasteiger partial charge in [0.2, 0.25) is 0 Å². The Hall–Kier alpha value is -1.15. The molecule has 0 heterocycles. The largest absolute Gasteiger partial charge is 0.478 e. The second-order valence-electron chi connectivity index (χ2n) is 5.09. The molecule has 11 nitrogen and oxygen atoms in total. The quantitative estimate of drug-likeness (QED) is 0.121. The number of hydrogen-bond donors (Lipinski definition) is 3. The van der Waals surface area contributed by atoms with E-state index in [1.165, 1.54) is 7.11 Å². The zero-order valence-electron chi connectivity index (χ0n) is 17.2. The Kier molecular flexibility index (Phi) is 27.8. The molecule has 0 fully saturated rings. The molecule has 0 aliphatic rings. The van der Waals surface area contributed by atoms with Gasteiger partial charge in [0.05, 0.1) is 85.9 Å². The molecule has 0 aliphatic heterocycles. The van der Waals surface area contributed by atoms with E-state index in [1.54, 1.807) is 0 Å². The molecule has 0 spiro atoms. The minimum absolute atomic E-state index is 0.0282. The third kappa shape index (κ3) is 31.8. The first-order valence-electron chi connectivity index (χ1n) is 9.22. The van der Waals surface area contributed by atoms with Gasteiger partial charge in [-0.05, 0) is 0 Å². The summed E-state index contributed by atoms with van der Waals surface area (Å²) in [6, 6.07) is 0. The average Bonchev–Trinajstić information content (AvgIpc) is 2.73. The maximum atomic E-state index is 9.25. The Morgan fingerprint density at radius 1 is 0.793 bits per heavy atom. The van der Waals surface area contributed by atoms with Crippen LogP contribution in [0.15, 0.2) is 12.7 Å². The van der Waals surface area contributed by atoms with Gasteiger partial charge in [0.15, 0.2) is 6.29 Å². The fourth-order valence-electron chi connectivity index (χ4n) is 1.42. The van der Waals surface area contributed by atoms with Crippen molar-refractivity contribution in [2.75, 3.05) is 93.0 Å². The molecule has 1 atom stereocenters. The van der Waals surface area contributed by atoms with Crippen molar-refractivity contribution < 1.29 is 53.3 Å². The number of methoxy groups -OCH3 is 1. The summed E-state index contributed by atoms with van der Waals surface area (Å²) in [5.41, 5.74) is 0. The summed E-state index contributed by atoms with van der Waals surface area (Å²) < 4.78 is 36.0. The number of aliphatic hydroxyl groups is 2. The maximum Gasteiger partial charge on any atom is 0.327 e. The van der Waals surface area contributed by atoms with E-state index in [4.69, 9.17) is 43.7 Å². The van der Waals surface area contributed by atoms with E-state index >= 15 is 0 Å². The molecule has 0 aliphatic carbocycles. The molecule has 0 saturated carbocycles. The van der Waals surface area contributed by atoms with Gasteiger partial charge < -0.3 is 48.5 Å². The monoisotopic (exact) mass is 428 g/mol. The molecule has 0 aromatic carbocycles. The van der Waals surface area contributed by atoms with Gasteiger partial charge in [0.25, 0.3) is 0 Å². The summed E-state index contributed by atoms with van der Waals surface area (Å²) in [6.45, 7) is 8.24. The molecule has 174 valence electrons. The smallest absolute Gasteiger partial charge is 0.327 e. The third-order valence-corrected chi connectivity index (χ3v) is 2.80. The first-order chi connectivity index (χ1) is 14.1. The molecule has 0 amide bonds. The summed E-state index contributed by atoms with van der Waals surface area (Å²) in [5.74, 6) is -0.981. The Morgan fingerprint density at radius 2 is 1.10 bits per heavy atom. The number of aliphatic carboxylic acids is 1. The Bertz CT molecular complexity index is 342. The molecule has 0 radical (unpaired) electrons. The predicted molar refractivity (Wildman–Crippen MR) is 103 cm³/mol. The van der Waals surface area contributed by atoms with Crippen LogP contribution in [0, 0.1) is 0 Å². The van der Waals surface area contributed by atoms with Gasteiger partial charge in [0, 0.05) is 13.2 Å². The number of carboxylic acid groups (broad SMARTS) is 1. The molecule has 0 aromatic heterocycles. The van der Waals surface area contributed by atoms with E-state index in [0.29, 0.717) is 72.7 Å². The minimum atomic E-state index is -0.981. The van der Waals surface area contributed by atoms with Crippen LogP contribution in [0.4, 0.5) is 0 Å². The van der Waals surface area contributed by atoms with Crippen molar-refractivity contribution in [3.05, 3.63) is 12.7 Å². The summed E-state index contributed by atoms with van der Waals surface area (Å²) in [5, 5.41) is 25.2.